The number of aliphatic carboxylic acids is 1. The number of carboxylic acid groups (broad SMARTS) is 1. The van der Waals surface area contributed by atoms with Gasteiger partial charge in [0.25, 0.3) is 0 Å². The summed E-state index contributed by atoms with van der Waals surface area (Å²) in [6.45, 7) is 1.62. The summed E-state index contributed by atoms with van der Waals surface area (Å²) < 4.78 is 4.64. The quantitative estimate of drug-likeness (QED) is 0.432. The second kappa shape index (κ2) is 4.81. The number of hydrogen-bond acceptors (Lipinski definition) is 3. The zero-order valence-corrected chi connectivity index (χ0v) is 5.70. The van der Waals surface area contributed by atoms with Crippen molar-refractivity contribution < 1.29 is 19.7 Å². The van der Waals surface area contributed by atoms with Gasteiger partial charge in [0.15, 0.2) is 0 Å². The SMILES string of the molecule is CCO/C=C(/CO)C(=O)O. The van der Waals surface area contributed by atoms with Gasteiger partial charge in [-0.2, -0.15) is 0 Å². The van der Waals surface area contributed by atoms with Crippen LogP contribution in [0.4, 0.5) is 0 Å². The van der Waals surface area contributed by atoms with E-state index in [0.717, 1.165) is 6.26 Å². The number of hydrogen-bond donors (Lipinski definition) is 2. The van der Waals surface area contributed by atoms with Crippen LogP contribution in [0.1, 0.15) is 6.92 Å². The molecular weight excluding hydrogens is 136 g/mol. The number of carbonyl (C=O) groups is 1. The molecule has 0 aliphatic carbocycles. The highest BCUT2D eigenvalue weighted by Gasteiger charge is 2.04. The number of carboxylic acids is 1. The molecule has 10 heavy (non-hydrogen) atoms. The topological polar surface area (TPSA) is 66.8 Å². The third-order valence-electron chi connectivity index (χ3n) is 0.837. The summed E-state index contributed by atoms with van der Waals surface area (Å²) in [5.74, 6) is -1.16. The van der Waals surface area contributed by atoms with Crippen LogP contribution in [-0.4, -0.2) is 29.4 Å². The highest BCUT2D eigenvalue weighted by molar-refractivity contribution is 5.86. The van der Waals surface area contributed by atoms with E-state index in [-0.39, 0.29) is 5.57 Å². The van der Waals surface area contributed by atoms with Gasteiger partial charge in [-0.25, -0.2) is 4.79 Å². The van der Waals surface area contributed by atoms with Crippen LogP contribution in [0.2, 0.25) is 0 Å². The Balaban J connectivity index is 3.91. The summed E-state index contributed by atoms with van der Waals surface area (Å²) in [6, 6.07) is 0. The Morgan fingerprint density at radius 2 is 2.30 bits per heavy atom. The van der Waals surface area contributed by atoms with E-state index in [4.69, 9.17) is 10.2 Å². The molecule has 0 aromatic heterocycles. The van der Waals surface area contributed by atoms with Crippen molar-refractivity contribution in [2.45, 2.75) is 6.92 Å². The fourth-order valence-corrected chi connectivity index (χ4v) is 0.339. The minimum atomic E-state index is -1.16. The highest BCUT2D eigenvalue weighted by atomic mass is 16.5. The van der Waals surface area contributed by atoms with Crippen LogP contribution in [-0.2, 0) is 9.53 Å². The van der Waals surface area contributed by atoms with E-state index in [1.54, 1.807) is 6.92 Å². The number of aliphatic hydroxyl groups is 1. The van der Waals surface area contributed by atoms with Crippen molar-refractivity contribution in [2.24, 2.45) is 0 Å². The monoisotopic (exact) mass is 146 g/mol. The summed E-state index contributed by atoms with van der Waals surface area (Å²) >= 11 is 0. The van der Waals surface area contributed by atoms with Crippen molar-refractivity contribution in [1.29, 1.82) is 0 Å². The van der Waals surface area contributed by atoms with Gasteiger partial charge in [-0.15, -0.1) is 0 Å². The molecule has 0 heterocycles. The second-order valence-corrected chi connectivity index (χ2v) is 1.56. The maximum Gasteiger partial charge on any atom is 0.337 e. The standard InChI is InChI=1S/C6H10O4/c1-2-10-4-5(3-7)6(8)9/h4,7H,2-3H2,1H3,(H,8,9)/b5-4-. The van der Waals surface area contributed by atoms with Gasteiger partial charge >= 0.3 is 5.97 Å². The molecule has 0 saturated heterocycles. The van der Waals surface area contributed by atoms with E-state index < -0.39 is 12.6 Å². The van der Waals surface area contributed by atoms with Crippen LogP contribution in [0.3, 0.4) is 0 Å². The number of aliphatic hydroxyl groups excluding tert-OH is 1. The minimum Gasteiger partial charge on any atom is -0.501 e. The third kappa shape index (κ3) is 3.09. The van der Waals surface area contributed by atoms with E-state index in [0.29, 0.717) is 6.61 Å². The Labute approximate surface area is 58.7 Å². The summed E-state index contributed by atoms with van der Waals surface area (Å²) in [5, 5.41) is 16.7. The minimum absolute atomic E-state index is 0.137. The molecule has 0 aromatic carbocycles. The maximum atomic E-state index is 10.1. The predicted octanol–water partition coefficient (Wildman–Crippen LogP) is -0.0163. The van der Waals surface area contributed by atoms with Crippen LogP contribution < -0.4 is 0 Å². The molecular formula is C6H10O4. The maximum absolute atomic E-state index is 10.1. The van der Waals surface area contributed by atoms with Gasteiger partial charge in [-0.3, -0.25) is 0 Å². The Hall–Kier alpha value is -1.03. The van der Waals surface area contributed by atoms with Crippen molar-refractivity contribution in [2.75, 3.05) is 13.2 Å². The molecule has 0 amide bonds. The molecule has 0 unspecified atom stereocenters. The Morgan fingerprint density at radius 3 is 2.60 bits per heavy atom. The molecule has 4 heteroatoms. The predicted molar refractivity (Wildman–Crippen MR) is 34.4 cm³/mol. The fraction of sp³-hybridized carbons (Fsp3) is 0.500. The molecule has 2 N–H and O–H groups in total. The molecule has 0 fully saturated rings. The summed E-state index contributed by atoms with van der Waals surface area (Å²) in [6.07, 6.45) is 1.04. The van der Waals surface area contributed by atoms with Crippen LogP contribution in [0.5, 0.6) is 0 Å². The van der Waals surface area contributed by atoms with Gasteiger partial charge in [0.2, 0.25) is 0 Å². The van der Waals surface area contributed by atoms with Crippen molar-refractivity contribution in [3.05, 3.63) is 11.8 Å². The lowest BCUT2D eigenvalue weighted by Gasteiger charge is -1.96. The van der Waals surface area contributed by atoms with E-state index in [9.17, 15) is 4.79 Å². The lowest BCUT2D eigenvalue weighted by atomic mass is 10.3. The molecule has 0 bridgehead atoms. The third-order valence-corrected chi connectivity index (χ3v) is 0.837. The Bertz CT molecular complexity index is 139. The summed E-state index contributed by atoms with van der Waals surface area (Å²) in [5.41, 5.74) is -0.137. The zero-order chi connectivity index (χ0) is 7.98. The fourth-order valence-electron chi connectivity index (χ4n) is 0.339. The number of ether oxygens (including phenoxy) is 1. The van der Waals surface area contributed by atoms with Crippen molar-refractivity contribution in [3.8, 4) is 0 Å². The Kier molecular flexibility index (Phi) is 4.32. The van der Waals surface area contributed by atoms with Gasteiger partial charge in [-0.05, 0) is 6.92 Å². The summed E-state index contributed by atoms with van der Waals surface area (Å²) in [4.78, 5) is 10.1. The molecule has 0 rings (SSSR count). The largest absolute Gasteiger partial charge is 0.501 e. The van der Waals surface area contributed by atoms with Crippen LogP contribution in [0.25, 0.3) is 0 Å². The van der Waals surface area contributed by atoms with Gasteiger partial charge < -0.3 is 14.9 Å². The first kappa shape index (κ1) is 8.97. The molecule has 0 aromatic rings. The molecule has 0 aliphatic heterocycles. The van der Waals surface area contributed by atoms with E-state index in [1.807, 2.05) is 0 Å². The van der Waals surface area contributed by atoms with Gasteiger partial charge in [-0.1, -0.05) is 0 Å². The lowest BCUT2D eigenvalue weighted by Crippen LogP contribution is -2.05. The zero-order valence-electron chi connectivity index (χ0n) is 5.70. The molecule has 4 nitrogen and oxygen atoms in total. The first-order valence-corrected chi connectivity index (χ1v) is 2.87. The van der Waals surface area contributed by atoms with Crippen molar-refractivity contribution in [1.82, 2.24) is 0 Å². The lowest BCUT2D eigenvalue weighted by molar-refractivity contribution is -0.133. The molecule has 0 saturated carbocycles. The van der Waals surface area contributed by atoms with Crippen molar-refractivity contribution in [3.63, 3.8) is 0 Å². The summed E-state index contributed by atoms with van der Waals surface area (Å²) in [7, 11) is 0. The van der Waals surface area contributed by atoms with Gasteiger partial charge in [0.05, 0.1) is 25.0 Å². The van der Waals surface area contributed by atoms with Gasteiger partial charge in [0.1, 0.15) is 0 Å². The average Bonchev–Trinajstić information content (AvgIpc) is 1.89. The Morgan fingerprint density at radius 1 is 1.70 bits per heavy atom. The molecule has 58 valence electrons. The van der Waals surface area contributed by atoms with E-state index in [1.165, 1.54) is 0 Å². The van der Waals surface area contributed by atoms with Crippen LogP contribution in [0.15, 0.2) is 11.8 Å². The average molecular weight is 146 g/mol. The van der Waals surface area contributed by atoms with Gasteiger partial charge in [0, 0.05) is 0 Å². The molecule has 0 aliphatic rings. The smallest absolute Gasteiger partial charge is 0.337 e. The van der Waals surface area contributed by atoms with Crippen molar-refractivity contribution >= 4 is 5.97 Å². The molecule has 0 atom stereocenters. The van der Waals surface area contributed by atoms with E-state index >= 15 is 0 Å². The molecule has 0 radical (unpaired) electrons. The normalized spacial score (nSPS) is 11.2. The second-order valence-electron chi connectivity index (χ2n) is 1.56. The highest BCUT2D eigenvalue weighted by Crippen LogP contribution is 1.92. The van der Waals surface area contributed by atoms with Crippen LogP contribution in [0, 0.1) is 0 Å². The van der Waals surface area contributed by atoms with E-state index in [2.05, 4.69) is 4.74 Å². The van der Waals surface area contributed by atoms with Crippen LogP contribution >= 0.6 is 0 Å². The molecule has 0 spiro atoms. The first-order valence-electron chi connectivity index (χ1n) is 2.87. The number of rotatable bonds is 4. The first-order chi connectivity index (χ1) is 4.72.